The second-order valence-corrected chi connectivity index (χ2v) is 20.0. The average molecular weight is 968 g/mol. The molecular weight excluding hydrogens is 899 g/mol. The topological polar surface area (TPSA) is 137 Å². The fraction of sp³-hybridized carbons (Fsp3) is 0.596. The van der Waals surface area contributed by atoms with Crippen LogP contribution in [0, 0.1) is 5.41 Å². The standard InChI is InChI=1S/C47H63N9O5S.3H2S/c1-8-55-39-12-11-30-22-33(39)35(42(55)34-23-32(26-48-41(34)29(2)60-7)54-20-18-52(5)19-21-54)25-46(3,4)28-61-44(58)36-10-9-17-56(51-36)43(57)37(24-40-49-38(30)27-62-40)50-45(59)47-15-13-31(14-16-47)53(47)6;;;/h11-12,22-23,26-27,29,31,36-37,51H,8-10,13-21,24-25,28H2,1-7H3,(H,50,59);3*1H2/t29-,31?,36-,37-,47?;;;/m0.../s1. The molecule has 2 amide bonds. The highest BCUT2D eigenvalue weighted by molar-refractivity contribution is 7.59. The molecule has 5 aliphatic heterocycles. The van der Waals surface area contributed by atoms with Crippen molar-refractivity contribution in [3.05, 3.63) is 52.1 Å². The van der Waals surface area contributed by atoms with Gasteiger partial charge in [0.05, 0.1) is 46.7 Å². The average Bonchev–Trinajstić information content (AvgIpc) is 4.05. The van der Waals surface area contributed by atoms with Crippen molar-refractivity contribution in [3.8, 4) is 22.5 Å². The lowest BCUT2D eigenvalue weighted by Gasteiger charge is -2.37. The van der Waals surface area contributed by atoms with Crippen molar-refractivity contribution < 1.29 is 23.9 Å². The van der Waals surface area contributed by atoms with Gasteiger partial charge in [0.25, 0.3) is 5.91 Å². The van der Waals surface area contributed by atoms with Crippen molar-refractivity contribution in [2.75, 3.05) is 65.4 Å². The Bertz CT molecular complexity index is 2360. The first-order valence-corrected chi connectivity index (χ1v) is 23.5. The molecule has 0 saturated carbocycles. The summed E-state index contributed by atoms with van der Waals surface area (Å²) in [6.07, 6.45) is 7.29. The summed E-state index contributed by atoms with van der Waals surface area (Å²) >= 11 is 1.50. The van der Waals surface area contributed by atoms with E-state index < -0.39 is 23.0 Å². The van der Waals surface area contributed by atoms with Crippen LogP contribution in [0.15, 0.2) is 35.8 Å². The number of ether oxygens (including phenoxy) is 2. The van der Waals surface area contributed by atoms with E-state index in [2.05, 4.69) is 94.4 Å². The zero-order valence-electron chi connectivity index (χ0n) is 39.0. The van der Waals surface area contributed by atoms with E-state index in [1.54, 1.807) is 7.11 Å². The van der Waals surface area contributed by atoms with Crippen LogP contribution in [0.4, 0.5) is 5.69 Å². The molecule has 0 unspecified atom stereocenters. The Morgan fingerprint density at radius 3 is 2.46 bits per heavy atom. The number of benzene rings is 1. The molecule has 3 atom stereocenters. The van der Waals surface area contributed by atoms with E-state index in [0.717, 1.165) is 114 Å². The lowest BCUT2D eigenvalue weighted by atomic mass is 9.84. The smallest absolute Gasteiger partial charge is 0.324 e. The van der Waals surface area contributed by atoms with Gasteiger partial charge in [0.15, 0.2) is 0 Å². The van der Waals surface area contributed by atoms with E-state index in [0.29, 0.717) is 31.8 Å². The van der Waals surface area contributed by atoms with Gasteiger partial charge in [-0.15, -0.1) is 11.3 Å². The number of pyridine rings is 1. The number of aromatic nitrogens is 3. The Morgan fingerprint density at radius 2 is 1.78 bits per heavy atom. The van der Waals surface area contributed by atoms with E-state index in [9.17, 15) is 14.4 Å². The number of likely N-dealkylation sites (N-methyl/N-ethyl adjacent to an activating group) is 2. The van der Waals surface area contributed by atoms with Gasteiger partial charge in [-0.25, -0.2) is 10.4 Å². The van der Waals surface area contributed by atoms with Crippen molar-refractivity contribution in [2.45, 2.75) is 115 Å². The van der Waals surface area contributed by atoms with Gasteiger partial charge in [0.1, 0.15) is 17.6 Å². The van der Waals surface area contributed by atoms with Gasteiger partial charge in [-0.2, -0.15) is 40.5 Å². The summed E-state index contributed by atoms with van der Waals surface area (Å²) in [5, 5.41) is 8.66. The number of thiazole rings is 1. The van der Waals surface area contributed by atoms with E-state index in [1.165, 1.54) is 16.3 Å². The van der Waals surface area contributed by atoms with Gasteiger partial charge in [0, 0.05) is 91.7 Å². The van der Waals surface area contributed by atoms with E-state index >= 15 is 0 Å². The van der Waals surface area contributed by atoms with Crippen molar-refractivity contribution in [1.29, 1.82) is 0 Å². The van der Waals surface area contributed by atoms with Crippen LogP contribution in [0.5, 0.6) is 0 Å². The van der Waals surface area contributed by atoms with Gasteiger partial charge in [-0.3, -0.25) is 29.3 Å². The van der Waals surface area contributed by atoms with Crippen molar-refractivity contribution >= 4 is 86.2 Å². The number of carbonyl (C=O) groups excluding carboxylic acids is 3. The number of nitrogens with one attached hydrogen (secondary N) is 2. The number of esters is 1. The molecule has 65 heavy (non-hydrogen) atoms. The minimum atomic E-state index is -0.863. The lowest BCUT2D eigenvalue weighted by molar-refractivity contribution is -0.155. The van der Waals surface area contributed by atoms with Gasteiger partial charge in [0.2, 0.25) is 5.91 Å². The molecule has 356 valence electrons. The maximum atomic E-state index is 14.5. The summed E-state index contributed by atoms with van der Waals surface area (Å²) < 4.78 is 14.6. The Morgan fingerprint density at radius 1 is 1.05 bits per heavy atom. The maximum Gasteiger partial charge on any atom is 0.324 e. The van der Waals surface area contributed by atoms with Crippen LogP contribution in [-0.4, -0.2) is 131 Å². The van der Waals surface area contributed by atoms with Crippen molar-refractivity contribution in [1.82, 2.24) is 40.1 Å². The normalized spacial score (nSPS) is 25.2. The molecule has 0 radical (unpaired) electrons. The van der Waals surface area contributed by atoms with Gasteiger partial charge in [-0.1, -0.05) is 19.9 Å². The number of hydrogen-bond donors (Lipinski definition) is 2. The molecule has 9 rings (SSSR count). The second kappa shape index (κ2) is 20.5. The van der Waals surface area contributed by atoms with Crippen LogP contribution in [0.25, 0.3) is 33.4 Å². The highest BCUT2D eigenvalue weighted by Gasteiger charge is 2.55. The summed E-state index contributed by atoms with van der Waals surface area (Å²) in [5.41, 5.74) is 10.3. The van der Waals surface area contributed by atoms with Crippen LogP contribution in [0.3, 0.4) is 0 Å². The third kappa shape index (κ3) is 9.70. The molecule has 1 aromatic carbocycles. The Hall–Kier alpha value is -3.36. The molecule has 14 nitrogen and oxygen atoms in total. The van der Waals surface area contributed by atoms with E-state index in [1.807, 2.05) is 13.2 Å². The predicted octanol–water partition coefficient (Wildman–Crippen LogP) is 5.92. The minimum absolute atomic E-state index is 0. The molecule has 8 heterocycles. The molecular formula is C47H69N9O5S4. The zero-order valence-corrected chi connectivity index (χ0v) is 42.8. The number of anilines is 1. The second-order valence-electron chi connectivity index (χ2n) is 19.1. The molecule has 4 saturated heterocycles. The number of methoxy groups -OCH3 is 1. The van der Waals surface area contributed by atoms with Crippen molar-refractivity contribution in [2.24, 2.45) is 5.41 Å². The summed E-state index contributed by atoms with van der Waals surface area (Å²) in [5.74, 6) is -0.758. The van der Waals surface area contributed by atoms with Crippen LogP contribution in [-0.2, 0) is 43.2 Å². The number of rotatable bonds is 7. The molecule has 4 aromatic rings. The van der Waals surface area contributed by atoms with Gasteiger partial charge in [-0.05, 0) is 96.7 Å². The molecule has 0 aliphatic carbocycles. The molecule has 2 N–H and O–H groups in total. The molecule has 4 fully saturated rings. The number of piperazine rings is 1. The number of hydrogen-bond acceptors (Lipinski definition) is 12. The number of hydrazine groups is 1. The van der Waals surface area contributed by atoms with Gasteiger partial charge >= 0.3 is 5.97 Å². The maximum absolute atomic E-state index is 14.5. The monoisotopic (exact) mass is 967 g/mol. The number of aryl methyl sites for hydroxylation is 1. The third-order valence-corrected chi connectivity index (χ3v) is 15.4. The zero-order chi connectivity index (χ0) is 43.5. The fourth-order valence-electron chi connectivity index (χ4n) is 10.7. The molecule has 18 heteroatoms. The van der Waals surface area contributed by atoms with Crippen molar-refractivity contribution in [3.63, 3.8) is 0 Å². The quantitative estimate of drug-likeness (QED) is 0.214. The predicted molar refractivity (Wildman–Crippen MR) is 273 cm³/mol. The first-order chi connectivity index (χ1) is 29.8. The number of amides is 2. The number of nitrogens with zero attached hydrogens (tertiary/aromatic N) is 7. The Kier molecular flexibility index (Phi) is 16.1. The molecule has 8 bridgehead atoms. The summed E-state index contributed by atoms with van der Waals surface area (Å²) in [6, 6.07) is 7.72. The van der Waals surface area contributed by atoms with Crippen LogP contribution in [0.2, 0.25) is 0 Å². The summed E-state index contributed by atoms with van der Waals surface area (Å²) in [6.45, 7) is 13.7. The van der Waals surface area contributed by atoms with Crippen LogP contribution >= 0.6 is 51.8 Å². The van der Waals surface area contributed by atoms with Gasteiger partial charge < -0.3 is 29.2 Å². The Balaban J connectivity index is 0.00000233. The third-order valence-electron chi connectivity index (χ3n) is 14.5. The molecule has 0 spiro atoms. The number of cyclic esters (lactones) is 1. The largest absolute Gasteiger partial charge is 0.464 e. The Labute approximate surface area is 408 Å². The van der Waals surface area contributed by atoms with E-state index in [-0.39, 0.29) is 77.4 Å². The highest BCUT2D eigenvalue weighted by atomic mass is 32.1. The minimum Gasteiger partial charge on any atom is -0.464 e. The van der Waals surface area contributed by atoms with E-state index in [4.69, 9.17) is 19.4 Å². The summed E-state index contributed by atoms with van der Waals surface area (Å²) in [4.78, 5) is 59.9. The number of carbonyl (C=O) groups is 3. The van der Waals surface area contributed by atoms with Crippen LogP contribution < -0.4 is 15.6 Å². The highest BCUT2D eigenvalue weighted by Crippen LogP contribution is 2.46. The van der Waals surface area contributed by atoms with Crippen LogP contribution in [0.1, 0.15) is 88.6 Å². The fourth-order valence-corrected chi connectivity index (χ4v) is 11.5. The number of fused-ring (bicyclic) bond motifs is 8. The first kappa shape index (κ1) is 51.0. The summed E-state index contributed by atoms with van der Waals surface area (Å²) in [7, 11) is 5.94. The lowest BCUT2D eigenvalue weighted by Crippen LogP contribution is -2.62. The first-order valence-electron chi connectivity index (χ1n) is 22.6. The molecule has 3 aromatic heterocycles. The SMILES string of the molecule is CCn1c(-c2cc(N3CCN(C)CC3)cnc2[C@H](C)OC)c2c3cc(ccc31)-c1csc(n1)C[C@H](NC(=O)C13CCC(CC1)N3C)C(=O)N1CCC[C@H](N1)C(=O)OCC(C)(C)C2.S.S.S. The molecule has 5 aliphatic rings.